The van der Waals surface area contributed by atoms with Crippen LogP contribution < -0.4 is 0 Å². The molecular weight excluding hydrogens is 422 g/mol. The lowest BCUT2D eigenvalue weighted by atomic mass is 9.93. The van der Waals surface area contributed by atoms with Crippen LogP contribution in [0.3, 0.4) is 0 Å². The van der Waals surface area contributed by atoms with Crippen LogP contribution in [0, 0.1) is 0 Å². The molecule has 0 aliphatic carbocycles. The van der Waals surface area contributed by atoms with Crippen molar-refractivity contribution in [2.75, 3.05) is 0 Å². The third kappa shape index (κ3) is 2.78. The molecule has 0 unspecified atom stereocenters. The number of thiophene rings is 1. The Morgan fingerprint density at radius 2 is 1.45 bits per heavy atom. The zero-order valence-corrected chi connectivity index (χ0v) is 18.4. The third-order valence-corrected chi connectivity index (χ3v) is 7.42. The highest BCUT2D eigenvalue weighted by atomic mass is 32.1. The van der Waals surface area contributed by atoms with Crippen molar-refractivity contribution in [2.45, 2.75) is 0 Å². The Hall–Kier alpha value is -4.15. The molecule has 0 aliphatic rings. The molecular formula is C29H17N3S. The lowest BCUT2D eigenvalue weighted by Gasteiger charge is -2.14. The number of nitrogens with zero attached hydrogens (tertiary/aromatic N) is 3. The zero-order valence-electron chi connectivity index (χ0n) is 17.6. The lowest BCUT2D eigenvalue weighted by molar-refractivity contribution is 1.17. The number of benzene rings is 4. The van der Waals surface area contributed by atoms with E-state index in [2.05, 4.69) is 88.8 Å². The highest BCUT2D eigenvalue weighted by molar-refractivity contribution is 7.26. The molecule has 0 saturated carbocycles. The van der Waals surface area contributed by atoms with Crippen molar-refractivity contribution in [1.82, 2.24) is 15.0 Å². The Morgan fingerprint density at radius 1 is 0.667 bits per heavy atom. The first kappa shape index (κ1) is 18.4. The first-order valence-electron chi connectivity index (χ1n) is 10.9. The van der Waals surface area contributed by atoms with Crippen LogP contribution in [-0.2, 0) is 0 Å². The Balaban J connectivity index is 1.79. The van der Waals surface area contributed by atoms with Crippen molar-refractivity contribution in [3.05, 3.63) is 104 Å². The molecule has 7 aromatic rings. The maximum atomic E-state index is 5.15. The molecule has 7 rings (SSSR count). The largest absolute Gasteiger partial charge is 0.247 e. The summed E-state index contributed by atoms with van der Waals surface area (Å²) < 4.78 is 2.52. The van der Waals surface area contributed by atoms with Crippen LogP contribution in [0.1, 0.15) is 0 Å². The summed E-state index contributed by atoms with van der Waals surface area (Å²) in [5.74, 6) is 0. The van der Waals surface area contributed by atoms with Crippen LogP contribution in [-0.4, -0.2) is 15.0 Å². The Labute approximate surface area is 194 Å². The average Bonchev–Trinajstić information content (AvgIpc) is 3.28. The quantitative estimate of drug-likeness (QED) is 0.257. The minimum Gasteiger partial charge on any atom is -0.247 e. The van der Waals surface area contributed by atoms with E-state index in [9.17, 15) is 0 Å². The van der Waals surface area contributed by atoms with Gasteiger partial charge in [0, 0.05) is 53.7 Å². The van der Waals surface area contributed by atoms with Gasteiger partial charge >= 0.3 is 0 Å². The fourth-order valence-electron chi connectivity index (χ4n) is 4.79. The molecule has 0 atom stereocenters. The summed E-state index contributed by atoms with van der Waals surface area (Å²) in [6.07, 6.45) is 3.43. The van der Waals surface area contributed by atoms with E-state index in [1.165, 1.54) is 30.9 Å². The van der Waals surface area contributed by atoms with Crippen molar-refractivity contribution < 1.29 is 0 Å². The predicted octanol–water partition coefficient (Wildman–Crippen LogP) is 7.88. The first-order valence-corrected chi connectivity index (χ1v) is 11.7. The molecule has 0 amide bonds. The molecule has 3 aromatic heterocycles. The van der Waals surface area contributed by atoms with Gasteiger partial charge in [-0.05, 0) is 24.3 Å². The summed E-state index contributed by atoms with van der Waals surface area (Å²) in [6.45, 7) is 0. The van der Waals surface area contributed by atoms with Gasteiger partial charge in [-0.1, -0.05) is 66.7 Å². The van der Waals surface area contributed by atoms with Crippen molar-refractivity contribution in [1.29, 1.82) is 0 Å². The van der Waals surface area contributed by atoms with Crippen LogP contribution in [0.4, 0.5) is 0 Å². The van der Waals surface area contributed by atoms with Gasteiger partial charge in [-0.15, -0.1) is 11.3 Å². The van der Waals surface area contributed by atoms with Gasteiger partial charge in [0.25, 0.3) is 0 Å². The van der Waals surface area contributed by atoms with Crippen LogP contribution in [0.15, 0.2) is 104 Å². The number of aromatic nitrogens is 3. The van der Waals surface area contributed by atoms with E-state index >= 15 is 0 Å². The molecule has 0 radical (unpaired) electrons. The van der Waals surface area contributed by atoms with Crippen molar-refractivity contribution >= 4 is 53.2 Å². The maximum absolute atomic E-state index is 5.15. The monoisotopic (exact) mass is 439 g/mol. The maximum Gasteiger partial charge on any atom is 0.116 e. The highest BCUT2D eigenvalue weighted by Crippen LogP contribution is 2.47. The molecule has 3 nitrogen and oxygen atoms in total. The molecule has 0 bridgehead atoms. The molecule has 4 aromatic carbocycles. The van der Waals surface area contributed by atoms with Gasteiger partial charge in [0.2, 0.25) is 0 Å². The van der Waals surface area contributed by atoms with Gasteiger partial charge in [-0.3, -0.25) is 0 Å². The third-order valence-electron chi connectivity index (χ3n) is 6.21. The topological polar surface area (TPSA) is 38.7 Å². The van der Waals surface area contributed by atoms with Gasteiger partial charge in [-0.25, -0.2) is 15.0 Å². The van der Waals surface area contributed by atoms with Crippen LogP contribution >= 0.6 is 11.3 Å². The summed E-state index contributed by atoms with van der Waals surface area (Å²) in [5.41, 5.74) is 5.17. The fraction of sp³-hybridized carbons (Fsp3) is 0. The summed E-state index contributed by atoms with van der Waals surface area (Å²) >= 11 is 1.83. The lowest BCUT2D eigenvalue weighted by Crippen LogP contribution is -1.92. The summed E-state index contributed by atoms with van der Waals surface area (Å²) in [5, 5.41) is 6.12. The van der Waals surface area contributed by atoms with Crippen molar-refractivity contribution in [3.8, 4) is 22.5 Å². The second kappa shape index (κ2) is 7.19. The van der Waals surface area contributed by atoms with Gasteiger partial charge in [0.15, 0.2) is 0 Å². The molecule has 3 heterocycles. The molecule has 0 saturated heterocycles. The van der Waals surface area contributed by atoms with Crippen molar-refractivity contribution in [2.24, 2.45) is 0 Å². The molecule has 0 N–H and O–H groups in total. The van der Waals surface area contributed by atoms with Gasteiger partial charge < -0.3 is 0 Å². The second-order valence-corrected chi connectivity index (χ2v) is 9.14. The number of rotatable bonds is 2. The first-order chi connectivity index (χ1) is 16.4. The highest BCUT2D eigenvalue weighted by Gasteiger charge is 2.20. The predicted molar refractivity (Wildman–Crippen MR) is 139 cm³/mol. The summed E-state index contributed by atoms with van der Waals surface area (Å²) in [7, 11) is 0. The van der Waals surface area contributed by atoms with E-state index in [0.717, 1.165) is 33.4 Å². The molecule has 0 spiro atoms. The number of hydrogen-bond acceptors (Lipinski definition) is 4. The molecule has 0 aliphatic heterocycles. The minimum absolute atomic E-state index is 0.927. The Kier molecular flexibility index (Phi) is 4.01. The van der Waals surface area contributed by atoms with Gasteiger partial charge in [0.1, 0.15) is 6.33 Å². The smallest absolute Gasteiger partial charge is 0.116 e. The standard InChI is InChI=1S/C29H17N3S/c1-2-8-18(9-3-1)28-22-16-21(23-14-15-30-17-31-23)29-27(20-11-5-7-13-25(20)33-29)26(22)19-10-4-6-12-24(19)32-28/h1-17H. The zero-order chi connectivity index (χ0) is 21.8. The summed E-state index contributed by atoms with van der Waals surface area (Å²) in [6, 6.07) is 31.9. The second-order valence-electron chi connectivity index (χ2n) is 8.09. The van der Waals surface area contributed by atoms with Crippen molar-refractivity contribution in [3.63, 3.8) is 0 Å². The molecule has 33 heavy (non-hydrogen) atoms. The molecule has 154 valence electrons. The Morgan fingerprint density at radius 3 is 2.30 bits per heavy atom. The normalized spacial score (nSPS) is 11.6. The molecule has 0 fully saturated rings. The van der Waals surface area contributed by atoms with Gasteiger partial charge in [0.05, 0.1) is 16.9 Å². The van der Waals surface area contributed by atoms with E-state index in [4.69, 9.17) is 4.98 Å². The van der Waals surface area contributed by atoms with E-state index in [1.54, 1.807) is 6.33 Å². The molecule has 4 heteroatoms. The number of fused-ring (bicyclic) bond motifs is 7. The number of pyridine rings is 1. The van der Waals surface area contributed by atoms with E-state index < -0.39 is 0 Å². The minimum atomic E-state index is 0.927. The summed E-state index contributed by atoms with van der Waals surface area (Å²) in [4.78, 5) is 13.9. The number of para-hydroxylation sites is 1. The van der Waals surface area contributed by atoms with Crippen LogP contribution in [0.5, 0.6) is 0 Å². The van der Waals surface area contributed by atoms with Crippen LogP contribution in [0.25, 0.3) is 64.4 Å². The van der Waals surface area contributed by atoms with Crippen LogP contribution in [0.2, 0.25) is 0 Å². The van der Waals surface area contributed by atoms with E-state index in [-0.39, 0.29) is 0 Å². The fourth-order valence-corrected chi connectivity index (χ4v) is 6.02. The Bertz CT molecular complexity index is 1770. The number of hydrogen-bond donors (Lipinski definition) is 0. The average molecular weight is 440 g/mol. The van der Waals surface area contributed by atoms with Gasteiger partial charge in [-0.2, -0.15) is 0 Å². The SMILES string of the molecule is c1ccc(-c2nc3ccccc3c3c2cc(-c2ccncn2)c2sc4ccccc4c23)cc1. The van der Waals surface area contributed by atoms with E-state index in [0.29, 0.717) is 0 Å². The van der Waals surface area contributed by atoms with E-state index in [1.807, 2.05) is 29.7 Å².